The molecule has 1 aliphatic heterocycles. The summed E-state index contributed by atoms with van der Waals surface area (Å²) in [5, 5.41) is 10.2. The summed E-state index contributed by atoms with van der Waals surface area (Å²) in [4.78, 5) is 14.5. The predicted molar refractivity (Wildman–Crippen MR) is 102 cm³/mol. The summed E-state index contributed by atoms with van der Waals surface area (Å²) in [5.74, 6) is 1.35. The Balaban J connectivity index is 1.39. The summed E-state index contributed by atoms with van der Waals surface area (Å²) in [6.45, 7) is 1.32. The molecule has 0 unspecified atom stereocenters. The fraction of sp³-hybridized carbons (Fsp3) is 0.286. The zero-order valence-electron chi connectivity index (χ0n) is 15.2. The molecule has 1 saturated heterocycles. The van der Waals surface area contributed by atoms with Crippen LogP contribution in [0.4, 0.5) is 0 Å². The van der Waals surface area contributed by atoms with Crippen LogP contribution >= 0.6 is 0 Å². The molecule has 6 heteroatoms. The number of likely N-dealkylation sites (tertiary alicyclic amines) is 1. The van der Waals surface area contributed by atoms with E-state index in [0.717, 1.165) is 29.4 Å². The summed E-state index contributed by atoms with van der Waals surface area (Å²) in [6.07, 6.45) is 3.31. The van der Waals surface area contributed by atoms with Gasteiger partial charge >= 0.3 is 0 Å². The maximum Gasteiger partial charge on any atom is 0.253 e. The van der Waals surface area contributed by atoms with Crippen LogP contribution in [-0.2, 0) is 0 Å². The van der Waals surface area contributed by atoms with Crippen molar-refractivity contribution >= 4 is 16.7 Å². The van der Waals surface area contributed by atoms with Crippen LogP contribution in [0.15, 0.2) is 54.7 Å². The molecule has 0 spiro atoms. The van der Waals surface area contributed by atoms with Crippen molar-refractivity contribution in [2.24, 2.45) is 0 Å². The number of benzene rings is 2. The Kier molecular flexibility index (Phi) is 4.87. The Bertz CT molecular complexity index is 930. The quantitative estimate of drug-likeness (QED) is 0.711. The number of amides is 1. The molecule has 6 nitrogen and oxygen atoms in total. The predicted octanol–water partition coefficient (Wildman–Crippen LogP) is 3.32. The van der Waals surface area contributed by atoms with Gasteiger partial charge in [0.25, 0.3) is 5.91 Å². The van der Waals surface area contributed by atoms with Gasteiger partial charge in [-0.1, -0.05) is 18.2 Å². The van der Waals surface area contributed by atoms with Crippen molar-refractivity contribution in [2.75, 3.05) is 20.2 Å². The van der Waals surface area contributed by atoms with Crippen molar-refractivity contribution in [3.63, 3.8) is 0 Å². The molecule has 27 heavy (non-hydrogen) atoms. The van der Waals surface area contributed by atoms with Gasteiger partial charge in [0.15, 0.2) is 0 Å². The first-order valence-corrected chi connectivity index (χ1v) is 9.05. The normalized spacial score (nSPS) is 14.9. The highest BCUT2D eigenvalue weighted by Gasteiger charge is 2.25. The highest BCUT2D eigenvalue weighted by Crippen LogP contribution is 2.25. The van der Waals surface area contributed by atoms with Gasteiger partial charge < -0.3 is 14.4 Å². The average Bonchev–Trinajstić information content (AvgIpc) is 2.74. The van der Waals surface area contributed by atoms with Crippen LogP contribution in [-0.4, -0.2) is 47.3 Å². The Morgan fingerprint density at radius 1 is 1.07 bits per heavy atom. The fourth-order valence-corrected chi connectivity index (χ4v) is 3.34. The number of methoxy groups -OCH3 is 1. The van der Waals surface area contributed by atoms with Crippen LogP contribution < -0.4 is 9.47 Å². The Hall–Kier alpha value is -3.15. The fourth-order valence-electron chi connectivity index (χ4n) is 3.34. The first kappa shape index (κ1) is 17.3. The van der Waals surface area contributed by atoms with E-state index in [1.165, 1.54) is 0 Å². The monoisotopic (exact) mass is 363 g/mol. The molecule has 1 fully saturated rings. The molecule has 0 atom stereocenters. The standard InChI is InChI=1S/C21H21N3O3/c1-26-17-8-6-15(7-9-17)21(25)24-12-10-18(11-13-24)27-20-19-5-3-2-4-16(19)14-22-23-20/h2-9,14,18H,10-13H2,1H3. The minimum Gasteiger partial charge on any atom is -0.497 e. The summed E-state index contributed by atoms with van der Waals surface area (Å²) < 4.78 is 11.2. The van der Waals surface area contributed by atoms with E-state index in [4.69, 9.17) is 9.47 Å². The Morgan fingerprint density at radius 3 is 2.56 bits per heavy atom. The number of piperidine rings is 1. The number of aromatic nitrogens is 2. The van der Waals surface area contributed by atoms with Crippen molar-refractivity contribution < 1.29 is 14.3 Å². The van der Waals surface area contributed by atoms with Crippen molar-refractivity contribution in [3.05, 3.63) is 60.3 Å². The number of carbonyl (C=O) groups is 1. The Labute approximate surface area is 157 Å². The van der Waals surface area contributed by atoms with Gasteiger partial charge in [-0.05, 0) is 30.3 Å². The molecule has 0 radical (unpaired) electrons. The van der Waals surface area contributed by atoms with Crippen molar-refractivity contribution in [1.29, 1.82) is 0 Å². The number of fused-ring (bicyclic) bond motifs is 1. The number of hydrogen-bond donors (Lipinski definition) is 0. The number of rotatable bonds is 4. The van der Waals surface area contributed by atoms with Gasteiger partial charge in [-0.3, -0.25) is 4.79 Å². The second-order valence-electron chi connectivity index (χ2n) is 6.57. The lowest BCUT2D eigenvalue weighted by Gasteiger charge is -2.32. The number of hydrogen-bond acceptors (Lipinski definition) is 5. The molecule has 1 aromatic heterocycles. The molecule has 138 valence electrons. The zero-order chi connectivity index (χ0) is 18.6. The molecular formula is C21H21N3O3. The van der Waals surface area contributed by atoms with E-state index in [1.54, 1.807) is 25.4 Å². The lowest BCUT2D eigenvalue weighted by molar-refractivity contribution is 0.0589. The van der Waals surface area contributed by atoms with Gasteiger partial charge in [-0.15, -0.1) is 5.10 Å². The van der Waals surface area contributed by atoms with Gasteiger partial charge in [0.2, 0.25) is 5.88 Å². The third-order valence-corrected chi connectivity index (χ3v) is 4.88. The summed E-state index contributed by atoms with van der Waals surface area (Å²) >= 11 is 0. The van der Waals surface area contributed by atoms with Gasteiger partial charge in [-0.25, -0.2) is 0 Å². The van der Waals surface area contributed by atoms with Crippen LogP contribution in [0.25, 0.3) is 10.8 Å². The largest absolute Gasteiger partial charge is 0.497 e. The van der Waals surface area contributed by atoms with Crippen LogP contribution in [0.2, 0.25) is 0 Å². The molecule has 0 bridgehead atoms. The molecule has 3 aromatic rings. The summed E-state index contributed by atoms with van der Waals surface area (Å²) in [6, 6.07) is 15.1. The molecule has 2 heterocycles. The van der Waals surface area contributed by atoms with Gasteiger partial charge in [0.1, 0.15) is 11.9 Å². The minimum absolute atomic E-state index is 0.0324. The van der Waals surface area contributed by atoms with Crippen LogP contribution in [0.3, 0.4) is 0 Å². The maximum absolute atomic E-state index is 12.7. The topological polar surface area (TPSA) is 64.5 Å². The van der Waals surface area contributed by atoms with E-state index in [2.05, 4.69) is 10.2 Å². The smallest absolute Gasteiger partial charge is 0.253 e. The minimum atomic E-state index is 0.0324. The van der Waals surface area contributed by atoms with E-state index >= 15 is 0 Å². The first-order valence-electron chi connectivity index (χ1n) is 9.05. The third-order valence-electron chi connectivity index (χ3n) is 4.88. The van der Waals surface area contributed by atoms with E-state index in [1.807, 2.05) is 41.3 Å². The maximum atomic E-state index is 12.7. The van der Waals surface area contributed by atoms with Crippen molar-refractivity contribution in [1.82, 2.24) is 15.1 Å². The van der Waals surface area contributed by atoms with E-state index in [0.29, 0.717) is 24.5 Å². The molecule has 0 aliphatic carbocycles. The van der Waals surface area contributed by atoms with Crippen LogP contribution in [0, 0.1) is 0 Å². The first-order chi connectivity index (χ1) is 13.2. The summed E-state index contributed by atoms with van der Waals surface area (Å²) in [7, 11) is 1.61. The van der Waals surface area contributed by atoms with E-state index in [9.17, 15) is 4.79 Å². The lowest BCUT2D eigenvalue weighted by atomic mass is 10.1. The number of ether oxygens (including phenoxy) is 2. The van der Waals surface area contributed by atoms with Gasteiger partial charge in [0, 0.05) is 42.3 Å². The molecule has 1 amide bonds. The van der Waals surface area contributed by atoms with E-state index < -0.39 is 0 Å². The highest BCUT2D eigenvalue weighted by molar-refractivity contribution is 5.94. The molecule has 1 aliphatic rings. The SMILES string of the molecule is COc1ccc(C(=O)N2CCC(Oc3nncc4ccccc34)CC2)cc1. The van der Waals surface area contributed by atoms with Crippen molar-refractivity contribution in [3.8, 4) is 11.6 Å². The number of nitrogens with zero attached hydrogens (tertiary/aromatic N) is 3. The number of carbonyl (C=O) groups excluding carboxylic acids is 1. The molecule has 2 aromatic carbocycles. The van der Waals surface area contributed by atoms with E-state index in [-0.39, 0.29) is 12.0 Å². The molecular weight excluding hydrogens is 342 g/mol. The highest BCUT2D eigenvalue weighted by atomic mass is 16.5. The lowest BCUT2D eigenvalue weighted by Crippen LogP contribution is -2.41. The van der Waals surface area contributed by atoms with Gasteiger partial charge in [-0.2, -0.15) is 5.10 Å². The van der Waals surface area contributed by atoms with Crippen LogP contribution in [0.5, 0.6) is 11.6 Å². The molecule has 0 N–H and O–H groups in total. The summed E-state index contributed by atoms with van der Waals surface area (Å²) in [5.41, 5.74) is 0.676. The second kappa shape index (κ2) is 7.61. The van der Waals surface area contributed by atoms with Gasteiger partial charge in [0.05, 0.1) is 13.3 Å². The third kappa shape index (κ3) is 3.69. The average molecular weight is 363 g/mol. The molecule has 0 saturated carbocycles. The van der Waals surface area contributed by atoms with Crippen LogP contribution in [0.1, 0.15) is 23.2 Å². The zero-order valence-corrected chi connectivity index (χ0v) is 15.2. The second-order valence-corrected chi connectivity index (χ2v) is 6.57. The Morgan fingerprint density at radius 2 is 1.81 bits per heavy atom. The molecule has 4 rings (SSSR count). The van der Waals surface area contributed by atoms with Crippen molar-refractivity contribution in [2.45, 2.75) is 18.9 Å².